The number of nitrogens with zero attached hydrogens (tertiary/aromatic N) is 1. The van der Waals surface area contributed by atoms with Crippen molar-refractivity contribution in [2.75, 3.05) is 19.0 Å². The van der Waals surface area contributed by atoms with E-state index in [0.717, 1.165) is 0 Å². The van der Waals surface area contributed by atoms with Gasteiger partial charge in [-0.15, -0.1) is 0 Å². The lowest BCUT2D eigenvalue weighted by Crippen LogP contribution is -2.24. The van der Waals surface area contributed by atoms with Crippen LogP contribution in [0.25, 0.3) is 0 Å². The van der Waals surface area contributed by atoms with Gasteiger partial charge in [-0.2, -0.15) is 5.10 Å². The zero-order chi connectivity index (χ0) is 21.9. The molecule has 0 saturated heterocycles. The van der Waals surface area contributed by atoms with Gasteiger partial charge in [0, 0.05) is 0 Å². The summed E-state index contributed by atoms with van der Waals surface area (Å²) < 4.78 is 16.5. The first-order chi connectivity index (χ1) is 14.4. The summed E-state index contributed by atoms with van der Waals surface area (Å²) in [5.41, 5.74) is 3.55. The van der Waals surface area contributed by atoms with Crippen LogP contribution in [0.4, 0.5) is 5.69 Å². The molecule has 0 fully saturated rings. The largest absolute Gasteiger partial charge is 0.495 e. The average molecular weight is 413 g/mol. The number of rotatable bonds is 10. The van der Waals surface area contributed by atoms with Crippen molar-refractivity contribution in [3.8, 4) is 17.2 Å². The van der Waals surface area contributed by atoms with Crippen LogP contribution in [0.15, 0.2) is 47.6 Å². The Morgan fingerprint density at radius 3 is 2.53 bits per heavy atom. The molecular weight excluding hydrogens is 386 g/mol. The number of hydrogen-bond acceptors (Lipinski definition) is 6. The van der Waals surface area contributed by atoms with Crippen LogP contribution in [0.5, 0.6) is 17.2 Å². The number of hydrazone groups is 1. The van der Waals surface area contributed by atoms with E-state index >= 15 is 0 Å². The second-order valence-electron chi connectivity index (χ2n) is 6.52. The van der Waals surface area contributed by atoms with Gasteiger partial charge in [-0.05, 0) is 56.7 Å². The van der Waals surface area contributed by atoms with Crippen LogP contribution in [0.2, 0.25) is 0 Å². The Bertz CT molecular complexity index is 896. The number of carbonyl (C=O) groups excluding carboxylic acids is 2. The van der Waals surface area contributed by atoms with Crippen molar-refractivity contribution in [2.45, 2.75) is 33.3 Å². The minimum atomic E-state index is -0.538. The van der Waals surface area contributed by atoms with Gasteiger partial charge in [0.2, 0.25) is 11.8 Å². The lowest BCUT2D eigenvalue weighted by atomic mass is 10.2. The minimum absolute atomic E-state index is 0.0185. The Balaban J connectivity index is 1.92. The van der Waals surface area contributed by atoms with E-state index in [1.165, 1.54) is 13.3 Å². The molecule has 2 aromatic carbocycles. The van der Waals surface area contributed by atoms with Gasteiger partial charge in [0.05, 0.1) is 31.7 Å². The molecule has 2 N–H and O–H groups in total. The number of amides is 2. The molecule has 0 spiro atoms. The molecule has 30 heavy (non-hydrogen) atoms. The first kappa shape index (κ1) is 22.7. The van der Waals surface area contributed by atoms with Crippen molar-refractivity contribution in [1.82, 2.24) is 5.43 Å². The van der Waals surface area contributed by atoms with Gasteiger partial charge in [0.1, 0.15) is 12.2 Å². The Hall–Kier alpha value is -3.55. The molecule has 0 atom stereocenters. The van der Waals surface area contributed by atoms with Gasteiger partial charge in [0.15, 0.2) is 11.5 Å². The Labute approximate surface area is 176 Å². The number of nitrogens with one attached hydrogen (secondary N) is 2. The lowest BCUT2D eigenvalue weighted by molar-refractivity contribution is -0.126. The zero-order valence-electron chi connectivity index (χ0n) is 17.6. The third kappa shape index (κ3) is 7.12. The van der Waals surface area contributed by atoms with Crippen LogP contribution in [-0.2, 0) is 9.59 Å². The maximum atomic E-state index is 12.1. The number of anilines is 1. The van der Waals surface area contributed by atoms with E-state index in [4.69, 9.17) is 14.2 Å². The number of hydrogen-bond donors (Lipinski definition) is 2. The predicted molar refractivity (Wildman–Crippen MR) is 115 cm³/mol. The molecule has 0 unspecified atom stereocenters. The predicted octanol–water partition coefficient (Wildman–Crippen LogP) is 3.36. The number of ether oxygens (including phenoxy) is 3. The van der Waals surface area contributed by atoms with Gasteiger partial charge >= 0.3 is 0 Å². The van der Waals surface area contributed by atoms with Crippen LogP contribution in [0.3, 0.4) is 0 Å². The van der Waals surface area contributed by atoms with Gasteiger partial charge in [-0.25, -0.2) is 5.43 Å². The second-order valence-corrected chi connectivity index (χ2v) is 6.52. The third-order valence-corrected chi connectivity index (χ3v) is 3.74. The average Bonchev–Trinajstić information content (AvgIpc) is 2.70. The summed E-state index contributed by atoms with van der Waals surface area (Å²) in [5.74, 6) is 0.738. The highest BCUT2D eigenvalue weighted by Gasteiger charge is 2.11. The molecule has 2 aromatic rings. The molecule has 160 valence electrons. The van der Waals surface area contributed by atoms with E-state index in [-0.39, 0.29) is 12.5 Å². The normalized spacial score (nSPS) is 10.7. The van der Waals surface area contributed by atoms with E-state index in [1.54, 1.807) is 42.5 Å². The molecule has 0 aliphatic heterocycles. The number of carbonyl (C=O) groups is 2. The highest BCUT2D eigenvalue weighted by Crippen LogP contribution is 2.29. The highest BCUT2D eigenvalue weighted by atomic mass is 16.5. The van der Waals surface area contributed by atoms with E-state index in [9.17, 15) is 9.59 Å². The molecule has 0 bridgehead atoms. The van der Waals surface area contributed by atoms with Crippen LogP contribution >= 0.6 is 0 Å². The van der Waals surface area contributed by atoms with Crippen molar-refractivity contribution < 1.29 is 23.8 Å². The molecule has 0 aliphatic rings. The fourth-order valence-corrected chi connectivity index (χ4v) is 2.53. The number of methoxy groups -OCH3 is 1. The monoisotopic (exact) mass is 413 g/mol. The first-order valence-corrected chi connectivity index (χ1v) is 9.61. The fraction of sp³-hybridized carbons (Fsp3) is 0.318. The van der Waals surface area contributed by atoms with Crippen molar-refractivity contribution in [1.29, 1.82) is 0 Å². The molecular formula is C22H27N3O5. The van der Waals surface area contributed by atoms with Crippen molar-refractivity contribution in [3.63, 3.8) is 0 Å². The second kappa shape index (κ2) is 11.5. The Kier molecular flexibility index (Phi) is 8.68. The first-order valence-electron chi connectivity index (χ1n) is 9.61. The molecule has 8 nitrogen and oxygen atoms in total. The molecule has 0 radical (unpaired) electrons. The maximum absolute atomic E-state index is 12.1. The van der Waals surface area contributed by atoms with Gasteiger partial charge in [-0.3, -0.25) is 9.59 Å². The van der Waals surface area contributed by atoms with Crippen molar-refractivity contribution in [3.05, 3.63) is 48.0 Å². The molecule has 0 heterocycles. The quantitative estimate of drug-likeness (QED) is 0.354. The summed E-state index contributed by atoms with van der Waals surface area (Å²) in [4.78, 5) is 24.0. The molecule has 8 heteroatoms. The smallest absolute Gasteiger partial charge is 0.249 e. The third-order valence-electron chi connectivity index (χ3n) is 3.74. The Morgan fingerprint density at radius 1 is 1.07 bits per heavy atom. The summed E-state index contributed by atoms with van der Waals surface area (Å²) in [6, 6.07) is 12.3. The summed E-state index contributed by atoms with van der Waals surface area (Å²) in [5, 5.41) is 6.54. The van der Waals surface area contributed by atoms with Crippen molar-refractivity contribution >= 4 is 23.7 Å². The van der Waals surface area contributed by atoms with Gasteiger partial charge in [0.25, 0.3) is 0 Å². The summed E-state index contributed by atoms with van der Waals surface area (Å²) >= 11 is 0. The highest BCUT2D eigenvalue weighted by molar-refractivity contribution is 6.04. The fourth-order valence-electron chi connectivity index (χ4n) is 2.53. The van der Waals surface area contributed by atoms with E-state index < -0.39 is 11.8 Å². The lowest BCUT2D eigenvalue weighted by Gasteiger charge is -2.14. The van der Waals surface area contributed by atoms with E-state index in [2.05, 4.69) is 15.8 Å². The number of para-hydroxylation sites is 2. The zero-order valence-corrected chi connectivity index (χ0v) is 17.6. The summed E-state index contributed by atoms with van der Waals surface area (Å²) in [7, 11) is 1.50. The summed E-state index contributed by atoms with van der Waals surface area (Å²) in [6.45, 7) is 6.25. The molecule has 0 saturated carbocycles. The molecule has 2 amide bonds. The SMILES string of the molecule is CCOc1cc(C=NNC(=O)CC(=O)Nc2ccccc2OC)ccc1OC(C)C. The minimum Gasteiger partial charge on any atom is -0.495 e. The van der Waals surface area contributed by atoms with Gasteiger partial charge < -0.3 is 19.5 Å². The standard InChI is InChI=1S/C22H27N3O5/c1-5-29-20-12-16(10-11-19(20)30-15(2)3)14-23-25-22(27)13-21(26)24-17-8-6-7-9-18(17)28-4/h6-12,14-15H,5,13H2,1-4H3,(H,24,26)(H,25,27). The van der Waals surface area contributed by atoms with Gasteiger partial charge in [-0.1, -0.05) is 12.1 Å². The van der Waals surface area contributed by atoms with Crippen LogP contribution in [0, 0.1) is 0 Å². The Morgan fingerprint density at radius 2 is 1.83 bits per heavy atom. The summed E-state index contributed by atoms with van der Waals surface area (Å²) in [6.07, 6.45) is 1.11. The van der Waals surface area contributed by atoms with Crippen molar-refractivity contribution in [2.24, 2.45) is 5.10 Å². The maximum Gasteiger partial charge on any atom is 0.249 e. The molecule has 0 aromatic heterocycles. The van der Waals surface area contributed by atoms with Crippen LogP contribution in [0.1, 0.15) is 32.8 Å². The molecule has 0 aliphatic carbocycles. The molecule has 2 rings (SSSR count). The van der Waals surface area contributed by atoms with E-state index in [1.807, 2.05) is 20.8 Å². The number of benzene rings is 2. The van der Waals surface area contributed by atoms with Crippen LogP contribution in [-0.4, -0.2) is 37.8 Å². The topological polar surface area (TPSA) is 98.2 Å². The van der Waals surface area contributed by atoms with Crippen LogP contribution < -0.4 is 25.0 Å². The van der Waals surface area contributed by atoms with E-state index in [0.29, 0.717) is 35.1 Å².